The molecule has 2 nitrogen and oxygen atoms in total. The Labute approximate surface area is 131 Å². The number of benzene rings is 1. The van der Waals surface area contributed by atoms with Gasteiger partial charge in [0.1, 0.15) is 0 Å². The highest BCUT2D eigenvalue weighted by Crippen LogP contribution is 2.48. The maximum Gasteiger partial charge on any atom is 0.0859 e. The molecule has 1 aliphatic carbocycles. The third kappa shape index (κ3) is 3.30. The van der Waals surface area contributed by atoms with Gasteiger partial charge in [-0.25, -0.2) is 0 Å². The van der Waals surface area contributed by atoms with Gasteiger partial charge in [0, 0.05) is 22.0 Å². The molecule has 0 heterocycles. The van der Waals surface area contributed by atoms with Crippen molar-refractivity contribution in [3.63, 3.8) is 0 Å². The van der Waals surface area contributed by atoms with Crippen LogP contribution in [-0.2, 0) is 0 Å². The summed E-state index contributed by atoms with van der Waals surface area (Å²) in [6, 6.07) is 5.27. The van der Waals surface area contributed by atoms with Crippen LogP contribution in [0, 0.1) is 11.3 Å². The van der Waals surface area contributed by atoms with Gasteiger partial charge in [-0.1, -0.05) is 36.5 Å². The highest BCUT2D eigenvalue weighted by atomic mass is 35.5. The van der Waals surface area contributed by atoms with Gasteiger partial charge in [0.15, 0.2) is 0 Å². The molecule has 0 amide bonds. The molecule has 0 radical (unpaired) electrons. The molecule has 0 aromatic heterocycles. The summed E-state index contributed by atoms with van der Waals surface area (Å²) in [6.45, 7) is 2.72. The lowest BCUT2D eigenvalue weighted by molar-refractivity contribution is -0.0103. The zero-order valence-electron chi connectivity index (χ0n) is 11.9. The van der Waals surface area contributed by atoms with Crippen LogP contribution < -0.4 is 5.73 Å². The maximum absolute atomic E-state index is 10.8. The highest BCUT2D eigenvalue weighted by molar-refractivity contribution is 6.34. The lowest BCUT2D eigenvalue weighted by Crippen LogP contribution is -2.40. The van der Waals surface area contributed by atoms with E-state index in [1.807, 2.05) is 0 Å². The standard InChI is InChI=1S/C16H23Cl2NO/c1-2-11-3-5-16(10-19,6-4-11)15(20)12-7-13(17)9-14(18)8-12/h7-9,11,15,20H,2-6,10,19H2,1H3. The first-order valence-corrected chi connectivity index (χ1v) is 8.10. The second-order valence-corrected chi connectivity index (χ2v) is 6.90. The zero-order valence-corrected chi connectivity index (χ0v) is 13.4. The Balaban J connectivity index is 2.22. The number of aliphatic hydroxyl groups is 1. The van der Waals surface area contributed by atoms with Crippen LogP contribution in [0.3, 0.4) is 0 Å². The van der Waals surface area contributed by atoms with Gasteiger partial charge in [-0.2, -0.15) is 0 Å². The number of aliphatic hydroxyl groups excluding tert-OH is 1. The molecule has 1 unspecified atom stereocenters. The molecule has 1 atom stereocenters. The number of rotatable bonds is 4. The van der Waals surface area contributed by atoms with E-state index >= 15 is 0 Å². The molecule has 0 saturated heterocycles. The van der Waals surface area contributed by atoms with Crippen LogP contribution in [0.5, 0.6) is 0 Å². The van der Waals surface area contributed by atoms with Crippen LogP contribution in [0.2, 0.25) is 10.0 Å². The van der Waals surface area contributed by atoms with E-state index in [2.05, 4.69) is 6.92 Å². The Morgan fingerprint density at radius 3 is 2.25 bits per heavy atom. The van der Waals surface area contributed by atoms with Crippen LogP contribution in [-0.4, -0.2) is 11.7 Å². The van der Waals surface area contributed by atoms with Crippen LogP contribution >= 0.6 is 23.2 Å². The summed E-state index contributed by atoms with van der Waals surface area (Å²) >= 11 is 12.1. The fraction of sp³-hybridized carbons (Fsp3) is 0.625. The van der Waals surface area contributed by atoms with Crippen molar-refractivity contribution in [1.82, 2.24) is 0 Å². The van der Waals surface area contributed by atoms with Crippen LogP contribution in [0.1, 0.15) is 50.7 Å². The minimum atomic E-state index is -0.596. The molecule has 1 aromatic carbocycles. The average Bonchev–Trinajstić information content (AvgIpc) is 2.45. The van der Waals surface area contributed by atoms with E-state index in [1.54, 1.807) is 18.2 Å². The molecular formula is C16H23Cl2NO. The largest absolute Gasteiger partial charge is 0.388 e. The molecule has 0 bridgehead atoms. The second-order valence-electron chi connectivity index (χ2n) is 6.02. The van der Waals surface area contributed by atoms with Gasteiger partial charge in [-0.3, -0.25) is 0 Å². The van der Waals surface area contributed by atoms with E-state index < -0.39 is 6.10 Å². The average molecular weight is 316 g/mol. The Hall–Kier alpha value is -0.280. The third-order valence-corrected chi connectivity index (χ3v) is 5.30. The predicted molar refractivity (Wildman–Crippen MR) is 85.2 cm³/mol. The molecule has 0 aliphatic heterocycles. The molecule has 112 valence electrons. The molecule has 1 fully saturated rings. The van der Waals surface area contributed by atoms with Crippen molar-refractivity contribution < 1.29 is 5.11 Å². The van der Waals surface area contributed by atoms with Gasteiger partial charge in [0.2, 0.25) is 0 Å². The van der Waals surface area contributed by atoms with Gasteiger partial charge < -0.3 is 10.8 Å². The Kier molecular flexibility index (Phi) is 5.36. The second kappa shape index (κ2) is 6.65. The summed E-state index contributed by atoms with van der Waals surface area (Å²) < 4.78 is 0. The summed E-state index contributed by atoms with van der Waals surface area (Å²) in [6.07, 6.45) is 4.82. The fourth-order valence-corrected chi connectivity index (χ4v) is 3.88. The lowest BCUT2D eigenvalue weighted by atomic mass is 9.65. The number of halogens is 2. The Morgan fingerprint density at radius 2 is 1.80 bits per heavy atom. The summed E-state index contributed by atoms with van der Waals surface area (Å²) in [5.74, 6) is 0.768. The number of hydrogen-bond donors (Lipinski definition) is 2. The summed E-state index contributed by atoms with van der Waals surface area (Å²) in [5, 5.41) is 11.9. The van der Waals surface area contributed by atoms with E-state index in [0.717, 1.165) is 37.2 Å². The van der Waals surface area contributed by atoms with Gasteiger partial charge in [-0.05, 0) is 55.4 Å². The fourth-order valence-electron chi connectivity index (χ4n) is 3.34. The quantitative estimate of drug-likeness (QED) is 0.854. The zero-order chi connectivity index (χ0) is 14.8. The molecule has 3 N–H and O–H groups in total. The Bertz CT molecular complexity index is 436. The van der Waals surface area contributed by atoms with Crippen LogP contribution in [0.4, 0.5) is 0 Å². The number of nitrogens with two attached hydrogens (primary N) is 1. The van der Waals surface area contributed by atoms with E-state index in [1.165, 1.54) is 6.42 Å². The van der Waals surface area contributed by atoms with Crippen molar-refractivity contribution in [2.24, 2.45) is 17.1 Å². The monoisotopic (exact) mass is 315 g/mol. The van der Waals surface area contributed by atoms with E-state index in [0.29, 0.717) is 16.6 Å². The van der Waals surface area contributed by atoms with Crippen molar-refractivity contribution in [2.45, 2.75) is 45.1 Å². The topological polar surface area (TPSA) is 46.2 Å². The first-order valence-electron chi connectivity index (χ1n) is 7.35. The van der Waals surface area contributed by atoms with Crippen LogP contribution in [0.15, 0.2) is 18.2 Å². The molecule has 1 aromatic rings. The normalized spacial score (nSPS) is 28.4. The molecule has 1 aliphatic rings. The summed E-state index contributed by atoms with van der Waals surface area (Å²) in [7, 11) is 0. The lowest BCUT2D eigenvalue weighted by Gasteiger charge is -2.43. The molecule has 2 rings (SSSR count). The van der Waals surface area contributed by atoms with Gasteiger partial charge in [0.25, 0.3) is 0 Å². The minimum absolute atomic E-state index is 0.236. The van der Waals surface area contributed by atoms with Crippen molar-refractivity contribution >= 4 is 23.2 Å². The van der Waals surface area contributed by atoms with Crippen molar-refractivity contribution in [3.8, 4) is 0 Å². The molecule has 4 heteroatoms. The Morgan fingerprint density at radius 1 is 1.25 bits per heavy atom. The first kappa shape index (κ1) is 16.1. The summed E-state index contributed by atoms with van der Waals surface area (Å²) in [5.41, 5.74) is 6.56. The molecule has 1 saturated carbocycles. The smallest absolute Gasteiger partial charge is 0.0859 e. The van der Waals surface area contributed by atoms with Crippen molar-refractivity contribution in [2.75, 3.05) is 6.54 Å². The third-order valence-electron chi connectivity index (χ3n) is 4.87. The van der Waals surface area contributed by atoms with Gasteiger partial charge >= 0.3 is 0 Å². The SMILES string of the molecule is CCC1CCC(CN)(C(O)c2cc(Cl)cc(Cl)c2)CC1. The minimum Gasteiger partial charge on any atom is -0.388 e. The summed E-state index contributed by atoms with van der Waals surface area (Å²) in [4.78, 5) is 0. The van der Waals surface area contributed by atoms with Crippen molar-refractivity contribution in [3.05, 3.63) is 33.8 Å². The van der Waals surface area contributed by atoms with E-state index in [9.17, 15) is 5.11 Å². The van der Waals surface area contributed by atoms with Crippen LogP contribution in [0.25, 0.3) is 0 Å². The van der Waals surface area contributed by atoms with E-state index in [4.69, 9.17) is 28.9 Å². The highest BCUT2D eigenvalue weighted by Gasteiger charge is 2.40. The van der Waals surface area contributed by atoms with E-state index in [-0.39, 0.29) is 5.41 Å². The molecular weight excluding hydrogens is 293 g/mol. The molecule has 0 spiro atoms. The number of hydrogen-bond acceptors (Lipinski definition) is 2. The first-order chi connectivity index (χ1) is 9.50. The van der Waals surface area contributed by atoms with Gasteiger partial charge in [0.05, 0.1) is 6.10 Å². The van der Waals surface area contributed by atoms with Crippen molar-refractivity contribution in [1.29, 1.82) is 0 Å². The maximum atomic E-state index is 10.8. The molecule has 20 heavy (non-hydrogen) atoms. The predicted octanol–water partition coefficient (Wildman–Crippen LogP) is 4.57. The van der Waals surface area contributed by atoms with Gasteiger partial charge in [-0.15, -0.1) is 0 Å².